The Morgan fingerprint density at radius 1 is 1.10 bits per heavy atom. The van der Waals surface area contributed by atoms with E-state index < -0.39 is 24.6 Å². The Kier molecular flexibility index (Phi) is 6.38. The number of fused-ring (bicyclic) bond motifs is 1. The van der Waals surface area contributed by atoms with E-state index in [0.29, 0.717) is 24.7 Å². The summed E-state index contributed by atoms with van der Waals surface area (Å²) in [6.07, 6.45) is -1.13. The van der Waals surface area contributed by atoms with Crippen LogP contribution in [0.2, 0.25) is 5.02 Å². The minimum atomic E-state index is -3.02. The maximum Gasteiger partial charge on any atom is 0.387 e. The van der Waals surface area contributed by atoms with E-state index in [2.05, 4.69) is 10.1 Å². The first kappa shape index (κ1) is 20.7. The summed E-state index contributed by atoms with van der Waals surface area (Å²) in [6.45, 7) is -0.837. The number of amides is 1. The van der Waals surface area contributed by atoms with Gasteiger partial charge >= 0.3 is 12.6 Å². The molecule has 7 nitrogen and oxygen atoms in total. The summed E-state index contributed by atoms with van der Waals surface area (Å²) in [5.41, 5.74) is 0.425. The number of rotatable bonds is 6. The van der Waals surface area contributed by atoms with Crippen LogP contribution in [-0.4, -0.2) is 37.8 Å². The molecular weight excluding hydrogens is 412 g/mol. The van der Waals surface area contributed by atoms with E-state index in [-0.39, 0.29) is 22.0 Å². The third kappa shape index (κ3) is 5.26. The van der Waals surface area contributed by atoms with Crippen molar-refractivity contribution in [3.05, 3.63) is 47.0 Å². The van der Waals surface area contributed by atoms with Crippen molar-refractivity contribution in [2.75, 3.05) is 18.5 Å². The number of ether oxygens (including phenoxy) is 4. The topological polar surface area (TPSA) is 83.1 Å². The van der Waals surface area contributed by atoms with Gasteiger partial charge in [0, 0.05) is 5.69 Å². The van der Waals surface area contributed by atoms with Crippen molar-refractivity contribution in [2.24, 2.45) is 0 Å². The molecule has 2 aromatic carbocycles. The van der Waals surface area contributed by atoms with Crippen molar-refractivity contribution in [1.29, 1.82) is 0 Å². The molecular formula is C19H16ClF2NO6. The molecule has 1 heterocycles. The smallest absolute Gasteiger partial charge is 0.387 e. The molecule has 1 atom stereocenters. The minimum absolute atomic E-state index is 0.107. The number of halogens is 3. The van der Waals surface area contributed by atoms with Crippen molar-refractivity contribution in [2.45, 2.75) is 19.6 Å². The van der Waals surface area contributed by atoms with Crippen LogP contribution in [0.3, 0.4) is 0 Å². The summed E-state index contributed by atoms with van der Waals surface area (Å²) in [7, 11) is 0. The van der Waals surface area contributed by atoms with Gasteiger partial charge in [0.15, 0.2) is 17.6 Å². The fourth-order valence-electron chi connectivity index (χ4n) is 2.47. The zero-order chi connectivity index (χ0) is 21.0. The van der Waals surface area contributed by atoms with Crippen molar-refractivity contribution < 1.29 is 37.3 Å². The van der Waals surface area contributed by atoms with Gasteiger partial charge in [0.2, 0.25) is 0 Å². The fourth-order valence-corrected chi connectivity index (χ4v) is 2.69. The average molecular weight is 428 g/mol. The second-order valence-corrected chi connectivity index (χ2v) is 6.33. The minimum Gasteiger partial charge on any atom is -0.486 e. The molecule has 29 heavy (non-hydrogen) atoms. The third-order valence-electron chi connectivity index (χ3n) is 3.85. The predicted octanol–water partition coefficient (Wildman–Crippen LogP) is 3.90. The zero-order valence-corrected chi connectivity index (χ0v) is 15.9. The zero-order valence-electron chi connectivity index (χ0n) is 15.1. The molecule has 1 aliphatic heterocycles. The van der Waals surface area contributed by atoms with Crippen molar-refractivity contribution in [1.82, 2.24) is 0 Å². The van der Waals surface area contributed by atoms with Gasteiger partial charge < -0.3 is 24.3 Å². The third-order valence-corrected chi connectivity index (χ3v) is 4.14. The van der Waals surface area contributed by atoms with Crippen LogP contribution in [0.5, 0.6) is 17.2 Å². The number of nitrogens with one attached hydrogen (secondary N) is 1. The number of carbonyl (C=O) groups is 2. The molecule has 1 N–H and O–H groups in total. The number of esters is 1. The highest BCUT2D eigenvalue weighted by molar-refractivity contribution is 6.32. The van der Waals surface area contributed by atoms with Gasteiger partial charge in [-0.2, -0.15) is 8.78 Å². The molecule has 0 aromatic heterocycles. The maximum atomic E-state index is 12.3. The lowest BCUT2D eigenvalue weighted by Gasteiger charge is -2.19. The highest BCUT2D eigenvalue weighted by atomic mass is 35.5. The average Bonchev–Trinajstić information content (AvgIpc) is 2.69. The largest absolute Gasteiger partial charge is 0.486 e. The van der Waals surface area contributed by atoms with Crippen LogP contribution in [0.1, 0.15) is 17.3 Å². The molecule has 0 aliphatic carbocycles. The van der Waals surface area contributed by atoms with Crippen LogP contribution < -0.4 is 19.5 Å². The Hall–Kier alpha value is -3.07. The first-order valence-electron chi connectivity index (χ1n) is 8.49. The van der Waals surface area contributed by atoms with E-state index >= 15 is 0 Å². The normalized spacial score (nSPS) is 13.6. The van der Waals surface area contributed by atoms with Gasteiger partial charge in [0.1, 0.15) is 19.0 Å². The molecule has 0 saturated heterocycles. The molecule has 154 valence electrons. The van der Waals surface area contributed by atoms with E-state index in [4.69, 9.17) is 25.8 Å². The standard InChI is InChI=1S/C19H16ClF2NO6/c1-10(17(24)23-12-3-5-14(13(20)9-12)29-19(21)22)28-18(25)11-2-4-15-16(8-11)27-7-6-26-15/h2-5,8-10,19H,6-7H2,1H3,(H,23,24)/t10-/m1/s1. The lowest BCUT2D eigenvalue weighted by Crippen LogP contribution is -2.30. The number of benzene rings is 2. The Balaban J connectivity index is 1.60. The first-order chi connectivity index (χ1) is 13.8. The van der Waals surface area contributed by atoms with Gasteiger partial charge in [-0.15, -0.1) is 0 Å². The number of carbonyl (C=O) groups excluding carboxylic acids is 2. The molecule has 0 unspecified atom stereocenters. The van der Waals surface area contributed by atoms with Gasteiger partial charge in [0.25, 0.3) is 5.91 Å². The summed E-state index contributed by atoms with van der Waals surface area (Å²) >= 11 is 5.84. The van der Waals surface area contributed by atoms with Crippen molar-refractivity contribution in [3.8, 4) is 17.2 Å². The van der Waals surface area contributed by atoms with Gasteiger partial charge in [-0.25, -0.2) is 4.79 Å². The second kappa shape index (κ2) is 8.95. The molecule has 0 radical (unpaired) electrons. The molecule has 1 aliphatic rings. The van der Waals surface area contributed by atoms with Crippen LogP contribution in [0.4, 0.5) is 14.5 Å². The van der Waals surface area contributed by atoms with Crippen LogP contribution in [0.25, 0.3) is 0 Å². The number of alkyl halides is 2. The SMILES string of the molecule is C[C@@H](OC(=O)c1ccc2c(c1)OCCO2)C(=O)Nc1ccc(OC(F)F)c(Cl)c1. The number of anilines is 1. The first-order valence-corrected chi connectivity index (χ1v) is 8.87. The van der Waals surface area contributed by atoms with Crippen LogP contribution in [0.15, 0.2) is 36.4 Å². The Bertz CT molecular complexity index is 924. The molecule has 2 aromatic rings. The van der Waals surface area contributed by atoms with Gasteiger partial charge in [-0.1, -0.05) is 11.6 Å². The van der Waals surface area contributed by atoms with Crippen molar-refractivity contribution >= 4 is 29.2 Å². The van der Waals surface area contributed by atoms with Gasteiger partial charge in [-0.3, -0.25) is 4.79 Å². The summed E-state index contributed by atoms with van der Waals surface area (Å²) in [6, 6.07) is 8.32. The highest BCUT2D eigenvalue weighted by Crippen LogP contribution is 2.31. The van der Waals surface area contributed by atoms with Crippen LogP contribution in [-0.2, 0) is 9.53 Å². The Morgan fingerprint density at radius 3 is 2.52 bits per heavy atom. The molecule has 1 amide bonds. The summed E-state index contributed by atoms with van der Waals surface area (Å²) in [4.78, 5) is 24.6. The molecule has 10 heteroatoms. The van der Waals surface area contributed by atoms with E-state index in [1.165, 1.54) is 37.3 Å². The van der Waals surface area contributed by atoms with E-state index in [1.54, 1.807) is 6.07 Å². The summed E-state index contributed by atoms with van der Waals surface area (Å²) in [5.74, 6) is -0.631. The summed E-state index contributed by atoms with van der Waals surface area (Å²) in [5, 5.41) is 2.37. The van der Waals surface area contributed by atoms with Crippen LogP contribution >= 0.6 is 11.6 Å². The lowest BCUT2D eigenvalue weighted by molar-refractivity contribution is -0.123. The lowest BCUT2D eigenvalue weighted by atomic mass is 10.2. The van der Waals surface area contributed by atoms with Gasteiger partial charge in [-0.05, 0) is 43.3 Å². The maximum absolute atomic E-state index is 12.3. The monoisotopic (exact) mass is 427 g/mol. The molecule has 3 rings (SSSR count). The fraction of sp³-hybridized carbons (Fsp3) is 0.263. The number of hydrogen-bond donors (Lipinski definition) is 1. The van der Waals surface area contributed by atoms with E-state index in [1.807, 2.05) is 0 Å². The van der Waals surface area contributed by atoms with E-state index in [9.17, 15) is 18.4 Å². The molecule has 0 spiro atoms. The van der Waals surface area contributed by atoms with E-state index in [0.717, 1.165) is 0 Å². The summed E-state index contributed by atoms with van der Waals surface area (Å²) < 4.78 is 44.7. The second-order valence-electron chi connectivity index (χ2n) is 5.92. The van der Waals surface area contributed by atoms with Gasteiger partial charge in [0.05, 0.1) is 10.6 Å². The number of hydrogen-bond acceptors (Lipinski definition) is 6. The van der Waals surface area contributed by atoms with Crippen molar-refractivity contribution in [3.63, 3.8) is 0 Å². The quantitative estimate of drug-likeness (QED) is 0.704. The Morgan fingerprint density at radius 2 is 1.83 bits per heavy atom. The highest BCUT2D eigenvalue weighted by Gasteiger charge is 2.21. The molecule has 0 fully saturated rings. The molecule has 0 saturated carbocycles. The van der Waals surface area contributed by atoms with Crippen LogP contribution in [0, 0.1) is 0 Å². The predicted molar refractivity (Wildman–Crippen MR) is 99.0 cm³/mol. The molecule has 0 bridgehead atoms. The Labute approximate surface area is 169 Å².